The van der Waals surface area contributed by atoms with Crippen LogP contribution in [0, 0.1) is 0 Å². The molecule has 0 saturated carbocycles. The number of benzene rings is 2. The van der Waals surface area contributed by atoms with E-state index < -0.39 is 15.9 Å². The number of fused-ring (bicyclic) bond motifs is 1. The van der Waals surface area contributed by atoms with Crippen molar-refractivity contribution in [3.63, 3.8) is 0 Å². The minimum atomic E-state index is -3.62. The lowest BCUT2D eigenvalue weighted by molar-refractivity contribution is 0.0924. The van der Waals surface area contributed by atoms with Crippen LogP contribution in [0.1, 0.15) is 41.2 Å². The molecule has 1 fully saturated rings. The van der Waals surface area contributed by atoms with Gasteiger partial charge in [-0.15, -0.1) is 0 Å². The molecule has 0 unspecified atom stereocenters. The summed E-state index contributed by atoms with van der Waals surface area (Å²) in [6.45, 7) is 1.51. The van der Waals surface area contributed by atoms with Crippen molar-refractivity contribution in [2.75, 3.05) is 19.7 Å². The fourth-order valence-electron chi connectivity index (χ4n) is 3.64. The van der Waals surface area contributed by atoms with Gasteiger partial charge in [0.1, 0.15) is 5.75 Å². The molecule has 0 aliphatic carbocycles. The fraction of sp³-hybridized carbons (Fsp3) is 0.350. The number of ether oxygens (including phenoxy) is 1. The van der Waals surface area contributed by atoms with Gasteiger partial charge in [0.05, 0.1) is 28.1 Å². The van der Waals surface area contributed by atoms with Gasteiger partial charge in [-0.25, -0.2) is 8.42 Å². The van der Waals surface area contributed by atoms with Crippen LogP contribution in [-0.4, -0.2) is 38.3 Å². The summed E-state index contributed by atoms with van der Waals surface area (Å²) in [5, 5.41) is 3.19. The number of nitrogens with zero attached hydrogens (tertiary/aromatic N) is 1. The van der Waals surface area contributed by atoms with Gasteiger partial charge in [0.15, 0.2) is 0 Å². The van der Waals surface area contributed by atoms with Crippen LogP contribution < -0.4 is 10.1 Å². The molecule has 0 aromatic heterocycles. The van der Waals surface area contributed by atoms with Crippen LogP contribution in [-0.2, 0) is 10.0 Å². The van der Waals surface area contributed by atoms with E-state index in [4.69, 9.17) is 16.3 Å². The number of para-hydroxylation sites is 1. The van der Waals surface area contributed by atoms with Crippen LogP contribution in [0.5, 0.6) is 5.75 Å². The Labute approximate surface area is 169 Å². The van der Waals surface area contributed by atoms with E-state index in [1.807, 2.05) is 24.3 Å². The topological polar surface area (TPSA) is 75.7 Å². The Bertz CT molecular complexity index is 1000. The predicted molar refractivity (Wildman–Crippen MR) is 106 cm³/mol. The highest BCUT2D eigenvalue weighted by atomic mass is 35.5. The molecule has 2 aliphatic heterocycles. The molecule has 0 radical (unpaired) electrons. The minimum absolute atomic E-state index is 0.0938. The van der Waals surface area contributed by atoms with Crippen LogP contribution in [0.15, 0.2) is 47.4 Å². The second-order valence-corrected chi connectivity index (χ2v) is 9.30. The summed E-state index contributed by atoms with van der Waals surface area (Å²) in [5.41, 5.74) is 1.06. The smallest absolute Gasteiger partial charge is 0.253 e. The van der Waals surface area contributed by atoms with Crippen LogP contribution >= 0.6 is 11.6 Å². The van der Waals surface area contributed by atoms with E-state index in [-0.39, 0.29) is 21.5 Å². The van der Waals surface area contributed by atoms with E-state index >= 15 is 0 Å². The van der Waals surface area contributed by atoms with Crippen molar-refractivity contribution < 1.29 is 17.9 Å². The van der Waals surface area contributed by atoms with Gasteiger partial charge in [-0.05, 0) is 37.1 Å². The third-order valence-electron chi connectivity index (χ3n) is 5.15. The average Bonchev–Trinajstić information content (AvgIpc) is 3.24. The van der Waals surface area contributed by atoms with Crippen molar-refractivity contribution >= 4 is 27.5 Å². The van der Waals surface area contributed by atoms with Gasteiger partial charge in [0, 0.05) is 25.1 Å². The molecule has 1 saturated heterocycles. The van der Waals surface area contributed by atoms with Crippen LogP contribution in [0.2, 0.25) is 5.02 Å². The maximum atomic E-state index is 12.9. The number of hydrogen-bond acceptors (Lipinski definition) is 4. The lowest BCUT2D eigenvalue weighted by atomic mass is 10.00. The molecule has 0 bridgehead atoms. The molecule has 4 rings (SSSR count). The number of carbonyl (C=O) groups excluding carboxylic acids is 1. The zero-order valence-corrected chi connectivity index (χ0v) is 16.8. The summed E-state index contributed by atoms with van der Waals surface area (Å²) < 4.78 is 32.7. The summed E-state index contributed by atoms with van der Waals surface area (Å²) in [6, 6.07) is 11.6. The fourth-order valence-corrected chi connectivity index (χ4v) is 5.39. The van der Waals surface area contributed by atoms with E-state index in [0.717, 1.165) is 24.2 Å². The van der Waals surface area contributed by atoms with Crippen molar-refractivity contribution in [2.24, 2.45) is 0 Å². The standard InChI is InChI=1S/C20H21ClN2O4S/c21-17-8-7-14(28(25,26)23-10-3-4-11-23)13-16(17)20(24)22-18-9-12-27-19-6-2-1-5-15(18)19/h1-2,5-8,13,18H,3-4,9-12H2,(H,22,24)/t18-/m0/s1. The van der Waals surface area contributed by atoms with Crippen molar-refractivity contribution in [1.82, 2.24) is 9.62 Å². The van der Waals surface area contributed by atoms with Gasteiger partial charge < -0.3 is 10.1 Å². The number of sulfonamides is 1. The van der Waals surface area contributed by atoms with Crippen molar-refractivity contribution in [3.8, 4) is 5.75 Å². The summed E-state index contributed by atoms with van der Waals surface area (Å²) in [4.78, 5) is 13.0. The first-order valence-corrected chi connectivity index (χ1v) is 11.1. The van der Waals surface area contributed by atoms with E-state index in [1.165, 1.54) is 22.5 Å². The van der Waals surface area contributed by atoms with Gasteiger partial charge in [0.25, 0.3) is 5.91 Å². The average molecular weight is 421 g/mol. The molecule has 148 valence electrons. The summed E-state index contributed by atoms with van der Waals surface area (Å²) >= 11 is 6.22. The summed E-state index contributed by atoms with van der Waals surface area (Å²) in [6.07, 6.45) is 2.33. The maximum Gasteiger partial charge on any atom is 0.253 e. The largest absolute Gasteiger partial charge is 0.493 e. The number of amides is 1. The second-order valence-electron chi connectivity index (χ2n) is 6.95. The van der Waals surface area contributed by atoms with Crippen molar-refractivity contribution in [1.29, 1.82) is 0 Å². The molecule has 2 heterocycles. The lowest BCUT2D eigenvalue weighted by Crippen LogP contribution is -2.32. The maximum absolute atomic E-state index is 12.9. The number of halogens is 1. The highest BCUT2D eigenvalue weighted by molar-refractivity contribution is 7.89. The van der Waals surface area contributed by atoms with Crippen molar-refractivity contribution in [2.45, 2.75) is 30.2 Å². The zero-order valence-electron chi connectivity index (χ0n) is 15.2. The molecule has 6 nitrogen and oxygen atoms in total. The third kappa shape index (κ3) is 3.62. The molecule has 2 aliphatic rings. The van der Waals surface area contributed by atoms with Gasteiger partial charge in [-0.2, -0.15) is 4.31 Å². The zero-order chi connectivity index (χ0) is 19.7. The predicted octanol–water partition coefficient (Wildman–Crippen LogP) is 3.38. The number of hydrogen-bond donors (Lipinski definition) is 1. The first-order chi connectivity index (χ1) is 13.5. The Balaban J connectivity index is 1.60. The van der Waals surface area contributed by atoms with Gasteiger partial charge in [-0.3, -0.25) is 4.79 Å². The Morgan fingerprint density at radius 1 is 1.14 bits per heavy atom. The van der Waals surface area contributed by atoms with Crippen LogP contribution in [0.4, 0.5) is 0 Å². The van der Waals surface area contributed by atoms with Crippen LogP contribution in [0.25, 0.3) is 0 Å². The second kappa shape index (κ2) is 7.73. The third-order valence-corrected chi connectivity index (χ3v) is 7.37. The van der Waals surface area contributed by atoms with Crippen molar-refractivity contribution in [3.05, 3.63) is 58.6 Å². The molecule has 1 N–H and O–H groups in total. The molecular formula is C20H21ClN2O4S. The van der Waals surface area contributed by atoms with Gasteiger partial charge >= 0.3 is 0 Å². The molecular weight excluding hydrogens is 400 g/mol. The quantitative estimate of drug-likeness (QED) is 0.822. The van der Waals surface area contributed by atoms with E-state index in [2.05, 4.69) is 5.32 Å². The first-order valence-electron chi connectivity index (χ1n) is 9.29. The number of carbonyl (C=O) groups is 1. The SMILES string of the molecule is O=C(N[C@H]1CCOc2ccccc21)c1cc(S(=O)(=O)N2CCCC2)ccc1Cl. The minimum Gasteiger partial charge on any atom is -0.493 e. The molecule has 28 heavy (non-hydrogen) atoms. The van der Waals surface area contributed by atoms with E-state index in [9.17, 15) is 13.2 Å². The van der Waals surface area contributed by atoms with Crippen LogP contribution in [0.3, 0.4) is 0 Å². The highest BCUT2D eigenvalue weighted by Crippen LogP contribution is 2.32. The Morgan fingerprint density at radius 3 is 2.68 bits per heavy atom. The molecule has 1 atom stereocenters. The summed E-state index contributed by atoms with van der Waals surface area (Å²) in [7, 11) is -3.62. The summed E-state index contributed by atoms with van der Waals surface area (Å²) in [5.74, 6) is 0.348. The monoisotopic (exact) mass is 420 g/mol. The molecule has 0 spiro atoms. The Kier molecular flexibility index (Phi) is 5.31. The molecule has 2 aromatic carbocycles. The van der Waals surface area contributed by atoms with Gasteiger partial charge in [-0.1, -0.05) is 29.8 Å². The lowest BCUT2D eigenvalue weighted by Gasteiger charge is -2.26. The molecule has 8 heteroatoms. The van der Waals surface area contributed by atoms with Gasteiger partial charge in [0.2, 0.25) is 10.0 Å². The molecule has 1 amide bonds. The number of rotatable bonds is 4. The van der Waals surface area contributed by atoms with E-state index in [1.54, 1.807) is 0 Å². The normalized spacial score (nSPS) is 19.7. The number of nitrogens with one attached hydrogen (secondary N) is 1. The Hall–Kier alpha value is -2.09. The highest BCUT2D eigenvalue weighted by Gasteiger charge is 2.29. The van der Waals surface area contributed by atoms with E-state index in [0.29, 0.717) is 26.1 Å². The molecule has 2 aromatic rings. The first kappa shape index (κ1) is 19.2. The Morgan fingerprint density at radius 2 is 1.89 bits per heavy atom.